The van der Waals surface area contributed by atoms with Crippen LogP contribution < -0.4 is 11.3 Å². The van der Waals surface area contributed by atoms with Crippen molar-refractivity contribution in [1.29, 1.82) is 0 Å². The highest BCUT2D eigenvalue weighted by Gasteiger charge is 2.13. The average Bonchev–Trinajstić information content (AvgIpc) is 2.60. The fourth-order valence-corrected chi connectivity index (χ4v) is 1.28. The molecule has 0 aromatic carbocycles. The molecule has 14 heavy (non-hydrogen) atoms. The van der Waals surface area contributed by atoms with Gasteiger partial charge in [-0.25, -0.2) is 0 Å². The molecule has 0 bridgehead atoms. The highest BCUT2D eigenvalue weighted by atomic mass is 16.5. The summed E-state index contributed by atoms with van der Waals surface area (Å²) in [6.07, 6.45) is 2.52. The van der Waals surface area contributed by atoms with Crippen LogP contribution in [0.5, 0.6) is 0 Å². The first-order chi connectivity index (χ1) is 6.79. The van der Waals surface area contributed by atoms with Gasteiger partial charge in [-0.2, -0.15) is 0 Å². The number of ether oxygens (including phenoxy) is 1. The lowest BCUT2D eigenvalue weighted by atomic mass is 10.1. The zero-order valence-corrected chi connectivity index (χ0v) is 8.60. The second-order valence-corrected chi connectivity index (χ2v) is 2.99. The number of nitrogens with two attached hydrogens (primary N) is 1. The standard InChI is InChI=1S/C8H17N5O/c1-3-14-5-4-7(11-9)8-6-10-12-13(8)2/h6-7,11H,3-5,9H2,1-2H3. The lowest BCUT2D eigenvalue weighted by Gasteiger charge is -2.14. The molecule has 3 N–H and O–H groups in total. The van der Waals surface area contributed by atoms with E-state index in [0.29, 0.717) is 6.61 Å². The Morgan fingerprint density at radius 2 is 2.50 bits per heavy atom. The van der Waals surface area contributed by atoms with Crippen LogP contribution in [0.1, 0.15) is 25.1 Å². The largest absolute Gasteiger partial charge is 0.382 e. The quantitative estimate of drug-likeness (QED) is 0.375. The topological polar surface area (TPSA) is 78.0 Å². The molecule has 6 nitrogen and oxygen atoms in total. The van der Waals surface area contributed by atoms with Gasteiger partial charge in [0.2, 0.25) is 0 Å². The van der Waals surface area contributed by atoms with Crippen LogP contribution in [0.3, 0.4) is 0 Å². The summed E-state index contributed by atoms with van der Waals surface area (Å²) in [5.41, 5.74) is 3.69. The van der Waals surface area contributed by atoms with Gasteiger partial charge in [-0.05, 0) is 13.3 Å². The van der Waals surface area contributed by atoms with Crippen LogP contribution in [0, 0.1) is 0 Å². The number of hydrogen-bond donors (Lipinski definition) is 2. The highest BCUT2D eigenvalue weighted by molar-refractivity contribution is 5.00. The first kappa shape index (κ1) is 11.1. The molecule has 0 aliphatic carbocycles. The summed E-state index contributed by atoms with van der Waals surface area (Å²) in [6.45, 7) is 3.37. The molecule has 0 aliphatic heterocycles. The van der Waals surface area contributed by atoms with Crippen molar-refractivity contribution in [1.82, 2.24) is 20.4 Å². The molecule has 1 aromatic rings. The molecule has 80 valence electrons. The predicted octanol–water partition coefficient (Wildman–Crippen LogP) is -0.254. The van der Waals surface area contributed by atoms with Gasteiger partial charge in [0, 0.05) is 20.3 Å². The van der Waals surface area contributed by atoms with Crippen molar-refractivity contribution in [2.45, 2.75) is 19.4 Å². The molecule has 1 rings (SSSR count). The van der Waals surface area contributed by atoms with E-state index in [1.165, 1.54) is 0 Å². The number of hydrogen-bond acceptors (Lipinski definition) is 5. The van der Waals surface area contributed by atoms with Crippen LogP contribution in [0.2, 0.25) is 0 Å². The summed E-state index contributed by atoms with van der Waals surface area (Å²) in [5, 5.41) is 7.64. The zero-order valence-electron chi connectivity index (χ0n) is 8.60. The molecule has 0 amide bonds. The van der Waals surface area contributed by atoms with E-state index >= 15 is 0 Å². The van der Waals surface area contributed by atoms with Gasteiger partial charge in [-0.3, -0.25) is 16.0 Å². The molecule has 0 fully saturated rings. The Hall–Kier alpha value is -0.980. The molecule has 1 atom stereocenters. The minimum absolute atomic E-state index is 0.0431. The van der Waals surface area contributed by atoms with Crippen LogP contribution in [-0.4, -0.2) is 28.2 Å². The lowest BCUT2D eigenvalue weighted by Crippen LogP contribution is -2.30. The highest BCUT2D eigenvalue weighted by Crippen LogP contribution is 2.13. The van der Waals surface area contributed by atoms with Crippen molar-refractivity contribution in [2.75, 3.05) is 13.2 Å². The van der Waals surface area contributed by atoms with Crippen molar-refractivity contribution in [3.63, 3.8) is 0 Å². The Kier molecular flexibility index (Phi) is 4.51. The number of nitrogens with zero attached hydrogens (tertiary/aromatic N) is 3. The molecule has 0 radical (unpaired) electrons. The van der Waals surface area contributed by atoms with E-state index in [1.807, 2.05) is 14.0 Å². The first-order valence-corrected chi connectivity index (χ1v) is 4.68. The predicted molar refractivity (Wildman–Crippen MR) is 52.2 cm³/mol. The Morgan fingerprint density at radius 3 is 3.00 bits per heavy atom. The number of aryl methyl sites for hydroxylation is 1. The van der Waals surface area contributed by atoms with Gasteiger partial charge in [0.05, 0.1) is 17.9 Å². The molecule has 6 heteroatoms. The van der Waals surface area contributed by atoms with Crippen molar-refractivity contribution >= 4 is 0 Å². The van der Waals surface area contributed by atoms with Crippen molar-refractivity contribution in [2.24, 2.45) is 12.9 Å². The Balaban J connectivity index is 2.50. The monoisotopic (exact) mass is 199 g/mol. The van der Waals surface area contributed by atoms with E-state index in [4.69, 9.17) is 10.6 Å². The SMILES string of the molecule is CCOCCC(NN)c1cnnn1C. The van der Waals surface area contributed by atoms with Crippen LogP contribution >= 0.6 is 0 Å². The van der Waals surface area contributed by atoms with Gasteiger partial charge in [0.15, 0.2) is 0 Å². The number of nitrogens with one attached hydrogen (secondary N) is 1. The fraction of sp³-hybridized carbons (Fsp3) is 0.750. The van der Waals surface area contributed by atoms with E-state index < -0.39 is 0 Å². The van der Waals surface area contributed by atoms with Gasteiger partial charge in [-0.1, -0.05) is 5.21 Å². The van der Waals surface area contributed by atoms with Crippen LogP contribution in [0.25, 0.3) is 0 Å². The minimum Gasteiger partial charge on any atom is -0.382 e. The third-order valence-corrected chi connectivity index (χ3v) is 2.06. The van der Waals surface area contributed by atoms with Gasteiger partial charge in [0.1, 0.15) is 0 Å². The molecule has 0 saturated heterocycles. The molecule has 0 spiro atoms. The maximum Gasteiger partial charge on any atom is 0.0767 e. The number of rotatable bonds is 6. The normalized spacial score (nSPS) is 13.1. The summed E-state index contributed by atoms with van der Waals surface area (Å²) in [6, 6.07) is 0.0431. The van der Waals surface area contributed by atoms with E-state index in [9.17, 15) is 0 Å². The first-order valence-electron chi connectivity index (χ1n) is 4.68. The average molecular weight is 199 g/mol. The lowest BCUT2D eigenvalue weighted by molar-refractivity contribution is 0.135. The summed E-state index contributed by atoms with van der Waals surface area (Å²) in [4.78, 5) is 0. The minimum atomic E-state index is 0.0431. The molecule has 0 saturated carbocycles. The van der Waals surface area contributed by atoms with E-state index in [1.54, 1.807) is 10.9 Å². The number of aromatic nitrogens is 3. The van der Waals surface area contributed by atoms with Crippen LogP contribution in [0.15, 0.2) is 6.20 Å². The maximum absolute atomic E-state index is 5.44. The molecule has 1 unspecified atom stereocenters. The Morgan fingerprint density at radius 1 is 1.71 bits per heavy atom. The summed E-state index contributed by atoms with van der Waals surface area (Å²) < 4.78 is 6.96. The second kappa shape index (κ2) is 5.69. The van der Waals surface area contributed by atoms with Crippen LogP contribution in [-0.2, 0) is 11.8 Å². The summed E-state index contributed by atoms with van der Waals surface area (Å²) in [7, 11) is 1.84. The van der Waals surface area contributed by atoms with Gasteiger partial charge in [-0.15, -0.1) is 5.10 Å². The van der Waals surface area contributed by atoms with Crippen molar-refractivity contribution in [3.8, 4) is 0 Å². The van der Waals surface area contributed by atoms with Crippen LogP contribution in [0.4, 0.5) is 0 Å². The molecule has 1 heterocycles. The zero-order chi connectivity index (χ0) is 10.4. The van der Waals surface area contributed by atoms with Crippen molar-refractivity contribution < 1.29 is 4.74 Å². The van der Waals surface area contributed by atoms with Gasteiger partial charge >= 0.3 is 0 Å². The molecule has 1 aromatic heterocycles. The van der Waals surface area contributed by atoms with Gasteiger partial charge in [0.25, 0.3) is 0 Å². The van der Waals surface area contributed by atoms with E-state index in [0.717, 1.165) is 18.7 Å². The smallest absolute Gasteiger partial charge is 0.0767 e. The van der Waals surface area contributed by atoms with E-state index in [2.05, 4.69) is 15.7 Å². The van der Waals surface area contributed by atoms with Crippen molar-refractivity contribution in [3.05, 3.63) is 11.9 Å². The second-order valence-electron chi connectivity index (χ2n) is 2.99. The van der Waals surface area contributed by atoms with Gasteiger partial charge < -0.3 is 4.74 Å². The summed E-state index contributed by atoms with van der Waals surface area (Å²) >= 11 is 0. The fourth-order valence-electron chi connectivity index (χ4n) is 1.28. The molecular formula is C8H17N5O. The third kappa shape index (κ3) is 2.76. The number of hydrazine groups is 1. The maximum atomic E-state index is 5.44. The summed E-state index contributed by atoms with van der Waals surface area (Å²) in [5.74, 6) is 5.44. The van der Waals surface area contributed by atoms with E-state index in [-0.39, 0.29) is 6.04 Å². The Bertz CT molecular complexity index is 262. The third-order valence-electron chi connectivity index (χ3n) is 2.06. The molecular weight excluding hydrogens is 182 g/mol. The Labute approximate surface area is 83.4 Å². The molecule has 0 aliphatic rings.